The molecule has 1 N–H and O–H groups in total. The lowest BCUT2D eigenvalue weighted by Crippen LogP contribution is -2.34. The maximum absolute atomic E-state index is 12.8. The van der Waals surface area contributed by atoms with Gasteiger partial charge in [0, 0.05) is 34.5 Å². The van der Waals surface area contributed by atoms with E-state index in [4.69, 9.17) is 0 Å². The Labute approximate surface area is 125 Å². The number of anilines is 1. The van der Waals surface area contributed by atoms with E-state index >= 15 is 0 Å². The first-order valence-electron chi connectivity index (χ1n) is 7.07. The van der Waals surface area contributed by atoms with Gasteiger partial charge in [-0.1, -0.05) is 18.6 Å². The summed E-state index contributed by atoms with van der Waals surface area (Å²) in [7, 11) is -0.926. The summed E-state index contributed by atoms with van der Waals surface area (Å²) in [6, 6.07) is 7.30. The van der Waals surface area contributed by atoms with E-state index in [1.807, 2.05) is 24.3 Å². The molecule has 1 aromatic carbocycles. The average molecular weight is 319 g/mol. The Morgan fingerprint density at radius 1 is 1.33 bits per heavy atom. The van der Waals surface area contributed by atoms with Crippen LogP contribution in [0, 0.1) is 5.92 Å². The summed E-state index contributed by atoms with van der Waals surface area (Å²) >= 11 is 0. The zero-order valence-electron chi connectivity index (χ0n) is 12.0. The molecular weight excluding hydrogens is 299 g/mol. The average Bonchev–Trinajstić information content (AvgIpc) is 2.37. The van der Waals surface area contributed by atoms with Crippen LogP contribution in [0.5, 0.6) is 0 Å². The third kappa shape index (κ3) is 5.02. The van der Waals surface area contributed by atoms with Gasteiger partial charge in [-0.15, -0.1) is 0 Å². The fraction of sp³-hybridized carbons (Fsp3) is 0.600. The van der Waals surface area contributed by atoms with Crippen molar-refractivity contribution >= 4 is 16.5 Å². The number of nitrogens with one attached hydrogen (secondary N) is 1. The Bertz CT molecular complexity index is 504. The highest BCUT2D eigenvalue weighted by Gasteiger charge is 2.42. The molecular formula is C15H20F3NOS. The van der Waals surface area contributed by atoms with E-state index in [2.05, 4.69) is 5.32 Å². The summed E-state index contributed by atoms with van der Waals surface area (Å²) in [6.45, 7) is 0. The van der Waals surface area contributed by atoms with Crippen molar-refractivity contribution in [3.63, 3.8) is 0 Å². The van der Waals surface area contributed by atoms with Gasteiger partial charge >= 0.3 is 6.18 Å². The Morgan fingerprint density at radius 2 is 2.10 bits per heavy atom. The predicted molar refractivity (Wildman–Crippen MR) is 79.6 cm³/mol. The van der Waals surface area contributed by atoms with Crippen LogP contribution in [-0.2, 0) is 16.6 Å². The highest BCUT2D eigenvalue weighted by molar-refractivity contribution is 7.83. The number of rotatable bonds is 4. The Balaban J connectivity index is 1.99. The van der Waals surface area contributed by atoms with Gasteiger partial charge in [0.1, 0.15) is 0 Å². The summed E-state index contributed by atoms with van der Waals surface area (Å²) < 4.78 is 49.6. The summed E-state index contributed by atoms with van der Waals surface area (Å²) in [5.74, 6) is -0.735. The molecule has 1 aliphatic carbocycles. The van der Waals surface area contributed by atoms with E-state index in [1.165, 1.54) is 0 Å². The molecule has 0 bridgehead atoms. The van der Waals surface area contributed by atoms with Gasteiger partial charge in [-0.05, 0) is 37.0 Å². The fourth-order valence-electron chi connectivity index (χ4n) is 2.84. The highest BCUT2D eigenvalue weighted by atomic mass is 32.2. The molecule has 0 saturated heterocycles. The lowest BCUT2D eigenvalue weighted by molar-refractivity contribution is -0.182. The molecule has 6 heteroatoms. The molecule has 1 saturated carbocycles. The van der Waals surface area contributed by atoms with E-state index < -0.39 is 22.9 Å². The van der Waals surface area contributed by atoms with Gasteiger partial charge in [-0.3, -0.25) is 4.21 Å². The van der Waals surface area contributed by atoms with Crippen LogP contribution in [0.25, 0.3) is 0 Å². The van der Waals surface area contributed by atoms with Crippen molar-refractivity contribution in [3.05, 3.63) is 29.8 Å². The third-order valence-electron chi connectivity index (χ3n) is 3.80. The Kier molecular flexibility index (Phi) is 5.30. The van der Waals surface area contributed by atoms with Gasteiger partial charge < -0.3 is 5.32 Å². The summed E-state index contributed by atoms with van der Waals surface area (Å²) in [5.41, 5.74) is 1.75. The van der Waals surface area contributed by atoms with Crippen LogP contribution in [0.15, 0.2) is 24.3 Å². The molecule has 0 amide bonds. The Hall–Kier alpha value is -1.04. The molecule has 1 fully saturated rings. The molecule has 0 heterocycles. The molecule has 2 nitrogen and oxygen atoms in total. The molecule has 2 rings (SSSR count). The van der Waals surface area contributed by atoms with E-state index in [9.17, 15) is 17.4 Å². The van der Waals surface area contributed by atoms with Gasteiger partial charge in [-0.25, -0.2) is 0 Å². The second-order valence-corrected chi connectivity index (χ2v) is 7.10. The van der Waals surface area contributed by atoms with Gasteiger partial charge in [0.2, 0.25) is 0 Å². The number of halogens is 3. The van der Waals surface area contributed by atoms with Crippen LogP contribution in [0.2, 0.25) is 0 Å². The monoisotopic (exact) mass is 319 g/mol. The number of benzene rings is 1. The number of hydrogen-bond acceptors (Lipinski definition) is 2. The minimum Gasteiger partial charge on any atom is -0.382 e. The zero-order chi connectivity index (χ0) is 15.5. The van der Waals surface area contributed by atoms with Crippen molar-refractivity contribution < 1.29 is 17.4 Å². The lowest BCUT2D eigenvalue weighted by Gasteiger charge is -2.31. The molecule has 0 aromatic heterocycles. The van der Waals surface area contributed by atoms with Gasteiger partial charge in [0.25, 0.3) is 0 Å². The van der Waals surface area contributed by atoms with Crippen molar-refractivity contribution in [1.82, 2.24) is 0 Å². The minimum absolute atomic E-state index is 0.132. The summed E-state index contributed by atoms with van der Waals surface area (Å²) in [5, 5.41) is 3.20. The van der Waals surface area contributed by atoms with E-state index in [0.717, 1.165) is 17.7 Å². The topological polar surface area (TPSA) is 29.1 Å². The second-order valence-electron chi connectivity index (χ2n) is 5.66. The van der Waals surface area contributed by atoms with Crippen molar-refractivity contribution in [1.29, 1.82) is 0 Å². The van der Waals surface area contributed by atoms with Gasteiger partial charge in [-0.2, -0.15) is 13.2 Å². The molecule has 118 valence electrons. The van der Waals surface area contributed by atoms with E-state index in [1.54, 1.807) is 6.26 Å². The van der Waals surface area contributed by atoms with Crippen LogP contribution in [0.1, 0.15) is 31.2 Å². The lowest BCUT2D eigenvalue weighted by atomic mass is 9.85. The standard InChI is InChI=1S/C15H20F3NOS/c1-21(20)10-11-4-2-6-13(8-11)19-14-7-3-5-12(9-14)15(16,17)18/h2,4,6,8,12,14,19H,3,5,7,9-10H2,1H3/t12-,14+,21+/m0/s1. The maximum atomic E-state index is 12.8. The van der Waals surface area contributed by atoms with Crippen LogP contribution >= 0.6 is 0 Å². The number of hydrogen-bond donors (Lipinski definition) is 1. The van der Waals surface area contributed by atoms with Crippen LogP contribution in [-0.4, -0.2) is 22.7 Å². The first kappa shape index (κ1) is 16.3. The quantitative estimate of drug-likeness (QED) is 0.905. The Morgan fingerprint density at radius 3 is 2.76 bits per heavy atom. The summed E-state index contributed by atoms with van der Waals surface area (Å²) in [6.07, 6.45) is -0.739. The first-order valence-corrected chi connectivity index (χ1v) is 8.79. The molecule has 1 aliphatic rings. The minimum atomic E-state index is -4.10. The molecule has 0 unspecified atom stereocenters. The summed E-state index contributed by atoms with van der Waals surface area (Å²) in [4.78, 5) is 0. The molecule has 0 aliphatic heterocycles. The zero-order valence-corrected chi connectivity index (χ0v) is 12.8. The van der Waals surface area contributed by atoms with E-state index in [0.29, 0.717) is 12.2 Å². The fourth-order valence-corrected chi connectivity index (χ4v) is 3.49. The first-order chi connectivity index (χ1) is 9.84. The third-order valence-corrected chi connectivity index (χ3v) is 4.54. The van der Waals surface area contributed by atoms with Crippen molar-refractivity contribution in [2.75, 3.05) is 11.6 Å². The van der Waals surface area contributed by atoms with Crippen molar-refractivity contribution in [3.8, 4) is 0 Å². The van der Waals surface area contributed by atoms with Crippen molar-refractivity contribution in [2.24, 2.45) is 5.92 Å². The van der Waals surface area contributed by atoms with Crippen molar-refractivity contribution in [2.45, 2.75) is 43.7 Å². The van der Waals surface area contributed by atoms with Gasteiger partial charge in [0.15, 0.2) is 0 Å². The van der Waals surface area contributed by atoms with Crippen LogP contribution < -0.4 is 5.32 Å². The predicted octanol–water partition coefficient (Wildman–Crippen LogP) is 4.10. The number of alkyl halides is 3. The molecule has 0 radical (unpaired) electrons. The van der Waals surface area contributed by atoms with E-state index in [-0.39, 0.29) is 18.9 Å². The molecule has 1 aromatic rings. The SMILES string of the molecule is C[S@@](=O)Cc1cccc(N[C@@H]2CCC[C@H](C(F)(F)F)C2)c1. The normalized spacial score (nSPS) is 24.6. The highest BCUT2D eigenvalue weighted by Crippen LogP contribution is 2.38. The molecule has 3 atom stereocenters. The largest absolute Gasteiger partial charge is 0.391 e. The molecule has 0 spiro atoms. The molecule has 21 heavy (non-hydrogen) atoms. The van der Waals surface area contributed by atoms with Crippen LogP contribution in [0.3, 0.4) is 0 Å². The van der Waals surface area contributed by atoms with Crippen LogP contribution in [0.4, 0.5) is 18.9 Å². The smallest absolute Gasteiger partial charge is 0.382 e. The van der Waals surface area contributed by atoms with Gasteiger partial charge in [0.05, 0.1) is 5.92 Å². The maximum Gasteiger partial charge on any atom is 0.391 e. The second kappa shape index (κ2) is 6.81.